The molecule has 0 unspecified atom stereocenters. The van der Waals surface area contributed by atoms with Crippen LogP contribution in [0.1, 0.15) is 11.4 Å². The average molecular weight is 319 g/mol. The molecule has 1 aromatic carbocycles. The van der Waals surface area contributed by atoms with Crippen LogP contribution in [-0.2, 0) is 22.6 Å². The van der Waals surface area contributed by atoms with Crippen LogP contribution >= 0.6 is 0 Å². The molecule has 0 saturated heterocycles. The lowest BCUT2D eigenvalue weighted by Gasteiger charge is -2.10. The van der Waals surface area contributed by atoms with Gasteiger partial charge in [-0.25, -0.2) is 18.1 Å². The number of sulfonamides is 1. The Hall–Kier alpha value is -1.87. The Morgan fingerprint density at radius 2 is 2.05 bits per heavy atom. The first-order chi connectivity index (χ1) is 9.79. The number of benzene rings is 1. The molecule has 2 rings (SSSR count). The first kappa shape index (κ1) is 15.5. The van der Waals surface area contributed by atoms with Crippen LogP contribution < -0.4 is 4.72 Å². The molecule has 0 aliphatic carbocycles. The van der Waals surface area contributed by atoms with Crippen molar-refractivity contribution in [2.45, 2.75) is 17.5 Å². The van der Waals surface area contributed by atoms with Gasteiger partial charge >= 0.3 is 6.18 Å². The quantitative estimate of drug-likeness (QED) is 0.884. The summed E-state index contributed by atoms with van der Waals surface area (Å²) in [6.07, 6.45) is -1.15. The molecule has 1 aromatic heterocycles. The van der Waals surface area contributed by atoms with Gasteiger partial charge in [0.05, 0.1) is 10.5 Å². The third kappa shape index (κ3) is 4.05. The number of halogens is 3. The van der Waals surface area contributed by atoms with Gasteiger partial charge in [0.2, 0.25) is 10.0 Å². The largest absolute Gasteiger partial charge is 0.416 e. The molecule has 0 radical (unpaired) electrons. The number of rotatable bonds is 5. The second-order valence-electron chi connectivity index (χ2n) is 4.21. The van der Waals surface area contributed by atoms with Crippen LogP contribution in [0.5, 0.6) is 0 Å². The molecular weight excluding hydrogens is 307 g/mol. The van der Waals surface area contributed by atoms with E-state index in [-0.39, 0.29) is 6.54 Å². The van der Waals surface area contributed by atoms with Crippen LogP contribution in [0.15, 0.2) is 41.6 Å². The van der Waals surface area contributed by atoms with Gasteiger partial charge in [0.1, 0.15) is 5.82 Å². The molecule has 0 aliphatic heterocycles. The van der Waals surface area contributed by atoms with E-state index in [1.54, 1.807) is 6.20 Å². The van der Waals surface area contributed by atoms with Crippen molar-refractivity contribution in [3.63, 3.8) is 0 Å². The first-order valence-electron chi connectivity index (χ1n) is 5.94. The predicted molar refractivity (Wildman–Crippen MR) is 68.9 cm³/mol. The second kappa shape index (κ2) is 5.86. The minimum absolute atomic E-state index is 0.0338. The van der Waals surface area contributed by atoms with Gasteiger partial charge in [-0.05, 0) is 18.2 Å². The van der Waals surface area contributed by atoms with E-state index in [2.05, 4.69) is 14.7 Å². The van der Waals surface area contributed by atoms with E-state index in [0.29, 0.717) is 18.3 Å². The standard InChI is InChI=1S/C12H12F3N3O2S/c13-12(14,15)9-2-1-3-10(8-9)21(19,20)18-5-4-11-16-6-7-17-11/h1-3,6-8,18H,4-5H2,(H,16,17). The van der Waals surface area contributed by atoms with E-state index in [4.69, 9.17) is 0 Å². The zero-order valence-electron chi connectivity index (χ0n) is 10.7. The Kier molecular flexibility index (Phi) is 4.33. The van der Waals surface area contributed by atoms with Crippen molar-refractivity contribution in [3.05, 3.63) is 48.0 Å². The molecular formula is C12H12F3N3O2S. The highest BCUT2D eigenvalue weighted by Crippen LogP contribution is 2.30. The summed E-state index contributed by atoms with van der Waals surface area (Å²) in [5, 5.41) is 0. The fourth-order valence-corrected chi connectivity index (χ4v) is 2.74. The third-order valence-corrected chi connectivity index (χ3v) is 4.14. The Bertz CT molecular complexity index is 697. The van der Waals surface area contributed by atoms with Crippen molar-refractivity contribution in [3.8, 4) is 0 Å². The molecule has 2 aromatic rings. The van der Waals surface area contributed by atoms with Crippen molar-refractivity contribution in [1.82, 2.24) is 14.7 Å². The third-order valence-electron chi connectivity index (χ3n) is 2.68. The number of aromatic amines is 1. The number of nitrogens with zero attached hydrogens (tertiary/aromatic N) is 1. The summed E-state index contributed by atoms with van der Waals surface area (Å²) in [5.74, 6) is 0.585. The van der Waals surface area contributed by atoms with Crippen LogP contribution in [0.4, 0.5) is 13.2 Å². The summed E-state index contributed by atoms with van der Waals surface area (Å²) in [6.45, 7) is 0.0338. The molecule has 114 valence electrons. The van der Waals surface area contributed by atoms with Crippen molar-refractivity contribution < 1.29 is 21.6 Å². The molecule has 5 nitrogen and oxygen atoms in total. The molecule has 0 aliphatic rings. The maximum Gasteiger partial charge on any atom is 0.416 e. The summed E-state index contributed by atoms with van der Waals surface area (Å²) < 4.78 is 63.8. The number of H-pyrrole nitrogens is 1. The molecule has 2 N–H and O–H groups in total. The van der Waals surface area contributed by atoms with Crippen molar-refractivity contribution in [1.29, 1.82) is 0 Å². The molecule has 0 amide bonds. The summed E-state index contributed by atoms with van der Waals surface area (Å²) in [6, 6.07) is 3.60. The maximum absolute atomic E-state index is 12.6. The lowest BCUT2D eigenvalue weighted by Crippen LogP contribution is -2.26. The van der Waals surface area contributed by atoms with Gasteiger partial charge in [-0.2, -0.15) is 13.2 Å². The topological polar surface area (TPSA) is 74.8 Å². The fraction of sp³-hybridized carbons (Fsp3) is 0.250. The molecule has 0 atom stereocenters. The average Bonchev–Trinajstić information content (AvgIpc) is 2.91. The summed E-state index contributed by atoms with van der Waals surface area (Å²) in [4.78, 5) is 6.29. The van der Waals surface area contributed by atoms with Crippen molar-refractivity contribution >= 4 is 10.0 Å². The molecule has 0 bridgehead atoms. The van der Waals surface area contributed by atoms with E-state index < -0.39 is 26.7 Å². The Morgan fingerprint density at radius 1 is 1.29 bits per heavy atom. The van der Waals surface area contributed by atoms with Gasteiger partial charge in [-0.15, -0.1) is 0 Å². The molecule has 0 fully saturated rings. The van der Waals surface area contributed by atoms with E-state index in [9.17, 15) is 21.6 Å². The Balaban J connectivity index is 2.08. The van der Waals surface area contributed by atoms with Crippen LogP contribution in [0.3, 0.4) is 0 Å². The first-order valence-corrected chi connectivity index (χ1v) is 7.42. The van der Waals surface area contributed by atoms with E-state index in [1.165, 1.54) is 6.20 Å². The van der Waals surface area contributed by atoms with E-state index in [0.717, 1.165) is 18.2 Å². The number of alkyl halides is 3. The number of nitrogens with one attached hydrogen (secondary N) is 2. The highest BCUT2D eigenvalue weighted by molar-refractivity contribution is 7.89. The normalized spacial score (nSPS) is 12.5. The molecule has 21 heavy (non-hydrogen) atoms. The van der Waals surface area contributed by atoms with Gasteiger partial charge in [-0.3, -0.25) is 0 Å². The zero-order valence-corrected chi connectivity index (χ0v) is 11.5. The van der Waals surface area contributed by atoms with Gasteiger partial charge in [0.15, 0.2) is 0 Å². The summed E-state index contributed by atoms with van der Waals surface area (Å²) in [5.41, 5.74) is -1.00. The number of aromatic nitrogens is 2. The molecule has 0 saturated carbocycles. The van der Waals surface area contributed by atoms with Gasteiger partial charge in [0, 0.05) is 25.4 Å². The predicted octanol–water partition coefficient (Wildman–Crippen LogP) is 1.95. The minimum atomic E-state index is -4.58. The fourth-order valence-electron chi connectivity index (χ4n) is 1.66. The highest BCUT2D eigenvalue weighted by atomic mass is 32.2. The Morgan fingerprint density at radius 3 is 2.67 bits per heavy atom. The van der Waals surface area contributed by atoms with E-state index >= 15 is 0 Å². The van der Waals surface area contributed by atoms with Crippen LogP contribution in [-0.4, -0.2) is 24.9 Å². The van der Waals surface area contributed by atoms with Gasteiger partial charge < -0.3 is 4.98 Å². The molecule has 0 spiro atoms. The Labute approximate surface area is 119 Å². The SMILES string of the molecule is O=S(=O)(NCCc1ncc[nH]1)c1cccc(C(F)(F)F)c1. The lowest BCUT2D eigenvalue weighted by atomic mass is 10.2. The number of hydrogen-bond acceptors (Lipinski definition) is 3. The van der Waals surface area contributed by atoms with Crippen LogP contribution in [0.2, 0.25) is 0 Å². The molecule has 9 heteroatoms. The second-order valence-corrected chi connectivity index (χ2v) is 5.98. The lowest BCUT2D eigenvalue weighted by molar-refractivity contribution is -0.137. The highest BCUT2D eigenvalue weighted by Gasteiger charge is 2.31. The van der Waals surface area contributed by atoms with E-state index in [1.807, 2.05) is 0 Å². The monoisotopic (exact) mass is 319 g/mol. The smallest absolute Gasteiger partial charge is 0.349 e. The minimum Gasteiger partial charge on any atom is -0.349 e. The molecule has 1 heterocycles. The van der Waals surface area contributed by atoms with Gasteiger partial charge in [0.25, 0.3) is 0 Å². The zero-order chi connectivity index (χ0) is 15.5. The van der Waals surface area contributed by atoms with Crippen molar-refractivity contribution in [2.75, 3.05) is 6.54 Å². The van der Waals surface area contributed by atoms with Crippen LogP contribution in [0.25, 0.3) is 0 Å². The number of hydrogen-bond donors (Lipinski definition) is 2. The maximum atomic E-state index is 12.6. The summed E-state index contributed by atoms with van der Waals surface area (Å²) >= 11 is 0. The van der Waals surface area contributed by atoms with Crippen molar-refractivity contribution in [2.24, 2.45) is 0 Å². The number of imidazole rings is 1. The van der Waals surface area contributed by atoms with Crippen LogP contribution in [0, 0.1) is 0 Å². The summed E-state index contributed by atoms with van der Waals surface area (Å²) in [7, 11) is -3.99. The van der Waals surface area contributed by atoms with Gasteiger partial charge in [-0.1, -0.05) is 6.07 Å².